The smallest absolute Gasteiger partial charge is 0.0349 e. The van der Waals surface area contributed by atoms with E-state index in [-0.39, 0.29) is 0 Å². The fraction of sp³-hybridized carbons (Fsp3) is 0.471. The summed E-state index contributed by atoms with van der Waals surface area (Å²) in [5, 5.41) is 2.64. The lowest BCUT2D eigenvalue weighted by molar-refractivity contribution is 0.608. The molecule has 0 unspecified atom stereocenters. The van der Waals surface area contributed by atoms with Crippen LogP contribution in [0.1, 0.15) is 51.0 Å². The van der Waals surface area contributed by atoms with E-state index in [0.29, 0.717) is 0 Å². The molecule has 2 aromatic rings. The predicted molar refractivity (Wildman–Crippen MR) is 78.8 cm³/mol. The van der Waals surface area contributed by atoms with Crippen molar-refractivity contribution in [2.75, 3.05) is 0 Å². The highest BCUT2D eigenvalue weighted by Crippen LogP contribution is 2.19. The second-order valence-corrected chi connectivity index (χ2v) is 5.03. The molecule has 1 aromatic carbocycles. The van der Waals surface area contributed by atoms with Crippen LogP contribution in [0.2, 0.25) is 0 Å². The van der Waals surface area contributed by atoms with E-state index in [9.17, 15) is 0 Å². The summed E-state index contributed by atoms with van der Waals surface area (Å²) in [6.45, 7) is 2.27. The quantitative estimate of drug-likeness (QED) is 0.612. The van der Waals surface area contributed by atoms with E-state index < -0.39 is 0 Å². The molecule has 0 atom stereocenters. The molecule has 0 N–H and O–H groups in total. The number of nitrogens with zero attached hydrogens (tertiary/aromatic N) is 1. The summed E-state index contributed by atoms with van der Waals surface area (Å²) in [5.41, 5.74) is 1.45. The molecule has 0 radical (unpaired) electrons. The van der Waals surface area contributed by atoms with Crippen LogP contribution in [-0.4, -0.2) is 4.98 Å². The fourth-order valence-electron chi connectivity index (χ4n) is 2.49. The van der Waals surface area contributed by atoms with Gasteiger partial charge in [0.25, 0.3) is 0 Å². The molecule has 96 valence electrons. The Kier molecular flexibility index (Phi) is 5.19. The van der Waals surface area contributed by atoms with E-state index >= 15 is 0 Å². The highest BCUT2D eigenvalue weighted by atomic mass is 14.6. The number of fused-ring (bicyclic) bond motifs is 1. The zero-order chi connectivity index (χ0) is 12.6. The van der Waals surface area contributed by atoms with E-state index in [1.807, 2.05) is 12.4 Å². The molecule has 0 aliphatic carbocycles. The van der Waals surface area contributed by atoms with Crippen molar-refractivity contribution in [2.45, 2.75) is 51.9 Å². The number of rotatable bonds is 7. The van der Waals surface area contributed by atoms with Crippen LogP contribution in [-0.2, 0) is 6.42 Å². The lowest BCUT2D eigenvalue weighted by Crippen LogP contribution is -1.89. The number of hydrogen-bond donors (Lipinski definition) is 0. The Labute approximate surface area is 110 Å². The topological polar surface area (TPSA) is 12.9 Å². The third-order valence-electron chi connectivity index (χ3n) is 3.57. The van der Waals surface area contributed by atoms with Gasteiger partial charge in [0.1, 0.15) is 0 Å². The molecule has 0 fully saturated rings. The summed E-state index contributed by atoms with van der Waals surface area (Å²) in [6.07, 6.45) is 13.2. The zero-order valence-electron chi connectivity index (χ0n) is 11.4. The van der Waals surface area contributed by atoms with E-state index in [4.69, 9.17) is 0 Å². The summed E-state index contributed by atoms with van der Waals surface area (Å²) in [6, 6.07) is 8.67. The molecule has 0 amide bonds. The van der Waals surface area contributed by atoms with Crippen LogP contribution >= 0.6 is 0 Å². The van der Waals surface area contributed by atoms with E-state index in [2.05, 4.69) is 36.2 Å². The second kappa shape index (κ2) is 7.15. The standard InChI is InChI=1S/C17H23N/c1-2-3-4-5-6-7-9-15-10-8-11-16-12-13-18-14-17(15)16/h8,10-14H,2-7,9H2,1H3. The van der Waals surface area contributed by atoms with Gasteiger partial charge in [-0.2, -0.15) is 0 Å². The van der Waals surface area contributed by atoms with Crippen molar-refractivity contribution in [3.8, 4) is 0 Å². The van der Waals surface area contributed by atoms with Crippen molar-refractivity contribution < 1.29 is 0 Å². The van der Waals surface area contributed by atoms with Gasteiger partial charge in [-0.05, 0) is 29.9 Å². The molecule has 1 heterocycles. The Balaban J connectivity index is 1.88. The second-order valence-electron chi connectivity index (χ2n) is 5.03. The molecule has 1 aromatic heterocycles. The average Bonchev–Trinajstić information content (AvgIpc) is 2.43. The molecule has 1 nitrogen and oxygen atoms in total. The first-order valence-corrected chi connectivity index (χ1v) is 7.23. The van der Waals surface area contributed by atoms with Crippen molar-refractivity contribution in [2.24, 2.45) is 0 Å². The summed E-state index contributed by atoms with van der Waals surface area (Å²) >= 11 is 0. The van der Waals surface area contributed by atoms with Crippen LogP contribution in [0.4, 0.5) is 0 Å². The number of aryl methyl sites for hydroxylation is 1. The van der Waals surface area contributed by atoms with Gasteiger partial charge in [-0.3, -0.25) is 4.98 Å². The molecule has 0 bridgehead atoms. The minimum absolute atomic E-state index is 1.19. The van der Waals surface area contributed by atoms with Crippen LogP contribution in [0, 0.1) is 0 Å². The maximum absolute atomic E-state index is 4.24. The number of hydrogen-bond acceptors (Lipinski definition) is 1. The summed E-state index contributed by atoms with van der Waals surface area (Å²) in [7, 11) is 0. The van der Waals surface area contributed by atoms with Crippen molar-refractivity contribution >= 4 is 10.8 Å². The van der Waals surface area contributed by atoms with Crippen LogP contribution in [0.3, 0.4) is 0 Å². The number of benzene rings is 1. The highest BCUT2D eigenvalue weighted by molar-refractivity contribution is 5.84. The molecule has 18 heavy (non-hydrogen) atoms. The van der Waals surface area contributed by atoms with Gasteiger partial charge >= 0.3 is 0 Å². The first-order valence-electron chi connectivity index (χ1n) is 7.23. The summed E-state index contributed by atoms with van der Waals surface area (Å²) in [5.74, 6) is 0. The zero-order valence-corrected chi connectivity index (χ0v) is 11.4. The molecule has 0 aliphatic heterocycles. The lowest BCUT2D eigenvalue weighted by Gasteiger charge is -2.06. The summed E-state index contributed by atoms with van der Waals surface area (Å²) in [4.78, 5) is 4.24. The minimum atomic E-state index is 1.19. The van der Waals surface area contributed by atoms with Crippen molar-refractivity contribution in [3.05, 3.63) is 42.2 Å². The maximum atomic E-state index is 4.24. The van der Waals surface area contributed by atoms with Gasteiger partial charge in [-0.1, -0.05) is 57.2 Å². The van der Waals surface area contributed by atoms with Gasteiger partial charge < -0.3 is 0 Å². The molecule has 0 saturated carbocycles. The Morgan fingerprint density at radius 1 is 0.944 bits per heavy atom. The Morgan fingerprint density at radius 3 is 2.67 bits per heavy atom. The normalized spacial score (nSPS) is 10.9. The van der Waals surface area contributed by atoms with Crippen molar-refractivity contribution in [1.82, 2.24) is 4.98 Å². The van der Waals surface area contributed by atoms with Crippen LogP contribution in [0.15, 0.2) is 36.7 Å². The van der Waals surface area contributed by atoms with Crippen LogP contribution < -0.4 is 0 Å². The largest absolute Gasteiger partial charge is 0.264 e. The van der Waals surface area contributed by atoms with E-state index in [0.717, 1.165) is 0 Å². The number of unbranched alkanes of at least 4 members (excludes halogenated alkanes) is 5. The Morgan fingerprint density at radius 2 is 1.78 bits per heavy atom. The summed E-state index contributed by atoms with van der Waals surface area (Å²) < 4.78 is 0. The maximum Gasteiger partial charge on any atom is 0.0349 e. The lowest BCUT2D eigenvalue weighted by atomic mass is 10.0. The van der Waals surface area contributed by atoms with Crippen LogP contribution in [0.25, 0.3) is 10.8 Å². The average molecular weight is 241 g/mol. The fourth-order valence-corrected chi connectivity index (χ4v) is 2.49. The van der Waals surface area contributed by atoms with Crippen molar-refractivity contribution in [3.63, 3.8) is 0 Å². The van der Waals surface area contributed by atoms with Gasteiger partial charge in [0.2, 0.25) is 0 Å². The number of pyridine rings is 1. The first-order chi connectivity index (χ1) is 8.92. The van der Waals surface area contributed by atoms with Gasteiger partial charge in [0.15, 0.2) is 0 Å². The number of aromatic nitrogens is 1. The minimum Gasteiger partial charge on any atom is -0.264 e. The van der Waals surface area contributed by atoms with E-state index in [1.165, 1.54) is 61.3 Å². The molecule has 1 heteroatoms. The molecule has 0 aliphatic rings. The van der Waals surface area contributed by atoms with Gasteiger partial charge in [0, 0.05) is 17.8 Å². The predicted octanol–water partition coefficient (Wildman–Crippen LogP) is 5.14. The SMILES string of the molecule is CCCCCCCCc1cccc2ccncc12. The first kappa shape index (κ1) is 13.1. The Hall–Kier alpha value is -1.37. The molecule has 0 saturated heterocycles. The molecular weight excluding hydrogens is 218 g/mol. The molecule has 2 rings (SSSR count). The van der Waals surface area contributed by atoms with E-state index in [1.54, 1.807) is 0 Å². The van der Waals surface area contributed by atoms with Gasteiger partial charge in [-0.25, -0.2) is 0 Å². The molecular formula is C17H23N. The van der Waals surface area contributed by atoms with Crippen molar-refractivity contribution in [1.29, 1.82) is 0 Å². The third kappa shape index (κ3) is 3.56. The molecule has 0 spiro atoms. The van der Waals surface area contributed by atoms with Gasteiger partial charge in [0.05, 0.1) is 0 Å². The highest BCUT2D eigenvalue weighted by Gasteiger charge is 2.00. The monoisotopic (exact) mass is 241 g/mol. The van der Waals surface area contributed by atoms with Gasteiger partial charge in [-0.15, -0.1) is 0 Å². The third-order valence-corrected chi connectivity index (χ3v) is 3.57. The Bertz CT molecular complexity index is 470. The van der Waals surface area contributed by atoms with Crippen LogP contribution in [0.5, 0.6) is 0 Å².